The molecule has 2 aliphatic rings. The van der Waals surface area contributed by atoms with Crippen molar-refractivity contribution in [3.05, 3.63) is 0 Å². The van der Waals surface area contributed by atoms with Crippen LogP contribution < -0.4 is 0 Å². The highest BCUT2D eigenvalue weighted by molar-refractivity contribution is 5.82. The number of nitrogens with zero attached hydrogens (tertiary/aromatic N) is 1. The highest BCUT2D eigenvalue weighted by Gasteiger charge is 2.33. The minimum Gasteiger partial charge on any atom is -0.466 e. The van der Waals surface area contributed by atoms with E-state index < -0.39 is 6.10 Å². The van der Waals surface area contributed by atoms with Crippen molar-refractivity contribution in [1.29, 1.82) is 0 Å². The van der Waals surface area contributed by atoms with E-state index in [0.717, 1.165) is 12.8 Å². The van der Waals surface area contributed by atoms with Crippen LogP contribution in [-0.2, 0) is 23.8 Å². The van der Waals surface area contributed by atoms with Crippen LogP contribution in [0.25, 0.3) is 0 Å². The number of ether oxygens (including phenoxy) is 3. The maximum Gasteiger partial charge on any atom is 0.310 e. The fourth-order valence-electron chi connectivity index (χ4n) is 2.46. The van der Waals surface area contributed by atoms with Gasteiger partial charge < -0.3 is 19.1 Å². The summed E-state index contributed by atoms with van der Waals surface area (Å²) in [6.07, 6.45) is 1.09. The van der Waals surface area contributed by atoms with Gasteiger partial charge in [-0.3, -0.25) is 9.59 Å². The fraction of sp³-hybridized carbons (Fsp3) is 0.846. The molecule has 2 saturated heterocycles. The van der Waals surface area contributed by atoms with Gasteiger partial charge >= 0.3 is 5.97 Å². The molecular formula is C13H21NO5. The predicted octanol–water partition coefficient (Wildman–Crippen LogP) is 0.204. The number of likely N-dealkylation sites (tertiary alicyclic amines) is 1. The van der Waals surface area contributed by atoms with Crippen molar-refractivity contribution in [2.75, 3.05) is 39.5 Å². The van der Waals surface area contributed by atoms with Crippen molar-refractivity contribution in [3.63, 3.8) is 0 Å². The molecular weight excluding hydrogens is 250 g/mol. The summed E-state index contributed by atoms with van der Waals surface area (Å²) in [5, 5.41) is 0. The van der Waals surface area contributed by atoms with Crippen molar-refractivity contribution < 1.29 is 23.8 Å². The lowest BCUT2D eigenvalue weighted by Crippen LogP contribution is -2.50. The first-order valence-electron chi connectivity index (χ1n) is 6.87. The zero-order valence-electron chi connectivity index (χ0n) is 11.3. The summed E-state index contributed by atoms with van der Waals surface area (Å²) in [5.74, 6) is -0.489. The van der Waals surface area contributed by atoms with Gasteiger partial charge in [-0.2, -0.15) is 0 Å². The molecule has 0 aromatic rings. The lowest BCUT2D eigenvalue weighted by atomic mass is 9.98. The number of carbonyl (C=O) groups excluding carboxylic acids is 2. The molecule has 0 radical (unpaired) electrons. The van der Waals surface area contributed by atoms with Gasteiger partial charge in [0.05, 0.1) is 32.3 Å². The number of esters is 1. The van der Waals surface area contributed by atoms with Gasteiger partial charge in [-0.05, 0) is 19.8 Å². The number of piperidine rings is 1. The predicted molar refractivity (Wildman–Crippen MR) is 66.5 cm³/mol. The molecule has 6 heteroatoms. The molecule has 0 saturated carbocycles. The summed E-state index contributed by atoms with van der Waals surface area (Å²) in [6.45, 7) is 4.56. The van der Waals surface area contributed by atoms with Crippen LogP contribution in [0.5, 0.6) is 0 Å². The summed E-state index contributed by atoms with van der Waals surface area (Å²) in [7, 11) is 0. The van der Waals surface area contributed by atoms with E-state index in [-0.39, 0.29) is 17.8 Å². The Bertz CT molecular complexity index is 327. The Labute approximate surface area is 113 Å². The second-order valence-electron chi connectivity index (χ2n) is 4.81. The maximum absolute atomic E-state index is 12.2. The van der Waals surface area contributed by atoms with E-state index in [1.807, 2.05) is 0 Å². The molecule has 2 rings (SSSR count). The molecule has 0 aromatic carbocycles. The van der Waals surface area contributed by atoms with Gasteiger partial charge in [-0.15, -0.1) is 0 Å². The van der Waals surface area contributed by atoms with Gasteiger partial charge in [0.25, 0.3) is 5.91 Å². The van der Waals surface area contributed by atoms with Crippen LogP contribution in [0.4, 0.5) is 0 Å². The molecule has 0 aliphatic carbocycles. The minimum absolute atomic E-state index is 0.0753. The summed E-state index contributed by atoms with van der Waals surface area (Å²) in [6, 6.07) is 0. The van der Waals surface area contributed by atoms with Gasteiger partial charge in [0, 0.05) is 13.1 Å². The monoisotopic (exact) mass is 271 g/mol. The molecule has 0 N–H and O–H groups in total. The van der Waals surface area contributed by atoms with Crippen LogP contribution in [0.1, 0.15) is 19.8 Å². The summed E-state index contributed by atoms with van der Waals surface area (Å²) in [5.41, 5.74) is 0. The smallest absolute Gasteiger partial charge is 0.310 e. The van der Waals surface area contributed by atoms with Gasteiger partial charge in [0.2, 0.25) is 0 Å². The van der Waals surface area contributed by atoms with Crippen molar-refractivity contribution in [2.45, 2.75) is 25.9 Å². The lowest BCUT2D eigenvalue weighted by Gasteiger charge is -2.34. The minimum atomic E-state index is -0.519. The molecule has 6 nitrogen and oxygen atoms in total. The van der Waals surface area contributed by atoms with Gasteiger partial charge in [0.1, 0.15) is 0 Å². The number of amides is 1. The van der Waals surface area contributed by atoms with Crippen LogP contribution in [0.15, 0.2) is 0 Å². The molecule has 2 aliphatic heterocycles. The Hall–Kier alpha value is -1.14. The van der Waals surface area contributed by atoms with Crippen molar-refractivity contribution in [3.8, 4) is 0 Å². The Morgan fingerprint density at radius 1 is 1.37 bits per heavy atom. The van der Waals surface area contributed by atoms with E-state index in [1.54, 1.807) is 11.8 Å². The van der Waals surface area contributed by atoms with Crippen LogP contribution in [0, 0.1) is 5.92 Å². The first kappa shape index (κ1) is 14.3. The summed E-state index contributed by atoms with van der Waals surface area (Å²) < 4.78 is 15.7. The van der Waals surface area contributed by atoms with Gasteiger partial charge in [-0.1, -0.05) is 0 Å². The average molecular weight is 271 g/mol. The number of hydrogen-bond donors (Lipinski definition) is 0. The van der Waals surface area contributed by atoms with E-state index in [2.05, 4.69) is 0 Å². The van der Waals surface area contributed by atoms with Crippen LogP contribution in [0.3, 0.4) is 0 Å². The van der Waals surface area contributed by atoms with Crippen LogP contribution in [-0.4, -0.2) is 62.4 Å². The van der Waals surface area contributed by atoms with Crippen molar-refractivity contribution in [1.82, 2.24) is 4.90 Å². The molecule has 108 valence electrons. The van der Waals surface area contributed by atoms with Crippen molar-refractivity contribution >= 4 is 11.9 Å². The molecule has 0 bridgehead atoms. The quantitative estimate of drug-likeness (QED) is 0.686. The molecule has 2 unspecified atom stereocenters. The Morgan fingerprint density at radius 3 is 2.89 bits per heavy atom. The van der Waals surface area contributed by atoms with Gasteiger partial charge in [-0.25, -0.2) is 0 Å². The Kier molecular flexibility index (Phi) is 5.15. The Morgan fingerprint density at radius 2 is 2.21 bits per heavy atom. The molecule has 2 heterocycles. The number of rotatable bonds is 3. The van der Waals surface area contributed by atoms with Crippen LogP contribution >= 0.6 is 0 Å². The molecule has 0 spiro atoms. The largest absolute Gasteiger partial charge is 0.466 e. The van der Waals surface area contributed by atoms with E-state index in [0.29, 0.717) is 39.5 Å². The molecule has 2 fully saturated rings. The maximum atomic E-state index is 12.2. The first-order chi connectivity index (χ1) is 9.22. The zero-order chi connectivity index (χ0) is 13.7. The van der Waals surface area contributed by atoms with Gasteiger partial charge in [0.15, 0.2) is 6.10 Å². The summed E-state index contributed by atoms with van der Waals surface area (Å²) in [4.78, 5) is 25.7. The second kappa shape index (κ2) is 6.86. The fourth-order valence-corrected chi connectivity index (χ4v) is 2.46. The van der Waals surface area contributed by atoms with E-state index in [4.69, 9.17) is 14.2 Å². The number of hydrogen-bond acceptors (Lipinski definition) is 5. The van der Waals surface area contributed by atoms with E-state index >= 15 is 0 Å². The van der Waals surface area contributed by atoms with E-state index in [9.17, 15) is 9.59 Å². The normalized spacial score (nSPS) is 27.9. The van der Waals surface area contributed by atoms with Crippen molar-refractivity contribution in [2.24, 2.45) is 5.92 Å². The van der Waals surface area contributed by atoms with Crippen LogP contribution in [0.2, 0.25) is 0 Å². The SMILES string of the molecule is CCOC(=O)C1CCCN(C(=O)C2COCCO2)C1. The molecule has 1 amide bonds. The Balaban J connectivity index is 1.89. The molecule has 0 aromatic heterocycles. The molecule has 19 heavy (non-hydrogen) atoms. The molecule has 2 atom stereocenters. The van der Waals surface area contributed by atoms with E-state index in [1.165, 1.54) is 0 Å². The topological polar surface area (TPSA) is 65.1 Å². The third-order valence-electron chi connectivity index (χ3n) is 3.44. The first-order valence-corrected chi connectivity index (χ1v) is 6.87. The number of carbonyl (C=O) groups is 2. The highest BCUT2D eigenvalue weighted by atomic mass is 16.6. The third-order valence-corrected chi connectivity index (χ3v) is 3.44. The highest BCUT2D eigenvalue weighted by Crippen LogP contribution is 2.19. The average Bonchev–Trinajstić information content (AvgIpc) is 2.48. The second-order valence-corrected chi connectivity index (χ2v) is 4.81. The third kappa shape index (κ3) is 3.67. The summed E-state index contributed by atoms with van der Waals surface area (Å²) >= 11 is 0. The lowest BCUT2D eigenvalue weighted by molar-refractivity contribution is -0.162. The standard InChI is InChI=1S/C13H21NO5/c1-2-18-13(16)10-4-3-5-14(8-10)12(15)11-9-17-6-7-19-11/h10-11H,2-9H2,1H3. The zero-order valence-corrected chi connectivity index (χ0v) is 11.3.